The molecule has 0 atom stereocenters. The molecule has 23 heavy (non-hydrogen) atoms. The van der Waals surface area contributed by atoms with Crippen LogP contribution in [0.3, 0.4) is 0 Å². The Morgan fingerprint density at radius 2 is 1.74 bits per heavy atom. The largest absolute Gasteiger partial charge is 0.508 e. The van der Waals surface area contributed by atoms with Gasteiger partial charge in [0.05, 0.1) is 5.56 Å². The normalized spacial score (nSPS) is 11.3. The summed E-state index contributed by atoms with van der Waals surface area (Å²) in [6, 6.07) is 8.15. The lowest BCUT2D eigenvalue weighted by Gasteiger charge is -2.12. The molecule has 118 valence electrons. The first-order valence-electron chi connectivity index (χ1n) is 7.34. The van der Waals surface area contributed by atoms with Gasteiger partial charge in [0.15, 0.2) is 0 Å². The molecule has 0 saturated heterocycles. The van der Waals surface area contributed by atoms with Crippen LogP contribution in [0.25, 0.3) is 10.8 Å². The molecule has 3 rings (SSSR count). The molecule has 5 heteroatoms. The van der Waals surface area contributed by atoms with E-state index in [1.807, 2.05) is 19.9 Å². The van der Waals surface area contributed by atoms with Crippen LogP contribution < -0.4 is 5.73 Å². The highest BCUT2D eigenvalue weighted by atomic mass is 16.3. The van der Waals surface area contributed by atoms with E-state index in [2.05, 4.69) is 0 Å². The molecule has 0 aliphatic heterocycles. The van der Waals surface area contributed by atoms with Crippen molar-refractivity contribution in [2.45, 2.75) is 19.8 Å². The second-order valence-electron chi connectivity index (χ2n) is 5.94. The number of aromatic nitrogens is 1. The van der Waals surface area contributed by atoms with Crippen molar-refractivity contribution in [3.05, 3.63) is 53.9 Å². The van der Waals surface area contributed by atoms with Gasteiger partial charge in [-0.2, -0.15) is 0 Å². The molecule has 0 amide bonds. The first-order valence-corrected chi connectivity index (χ1v) is 7.34. The van der Waals surface area contributed by atoms with E-state index in [0.29, 0.717) is 11.3 Å². The van der Waals surface area contributed by atoms with E-state index in [0.717, 1.165) is 10.8 Å². The molecule has 1 aromatic heterocycles. The zero-order valence-electron chi connectivity index (χ0n) is 12.9. The Labute approximate surface area is 133 Å². The zero-order chi connectivity index (χ0) is 16.7. The Balaban J connectivity index is 2.09. The Kier molecular flexibility index (Phi) is 3.48. The fourth-order valence-corrected chi connectivity index (χ4v) is 2.64. The predicted octanol–water partition coefficient (Wildman–Crippen LogP) is 3.45. The Bertz CT molecular complexity index is 910. The van der Waals surface area contributed by atoms with E-state index in [-0.39, 0.29) is 28.9 Å². The number of phenols is 2. The summed E-state index contributed by atoms with van der Waals surface area (Å²) >= 11 is 0. The summed E-state index contributed by atoms with van der Waals surface area (Å²) in [7, 11) is 0. The van der Waals surface area contributed by atoms with Crippen LogP contribution in [0.1, 0.15) is 35.7 Å². The van der Waals surface area contributed by atoms with E-state index in [1.54, 1.807) is 24.5 Å². The molecule has 0 bridgehead atoms. The van der Waals surface area contributed by atoms with Crippen LogP contribution >= 0.6 is 0 Å². The van der Waals surface area contributed by atoms with Gasteiger partial charge in [-0.1, -0.05) is 19.9 Å². The minimum Gasteiger partial charge on any atom is -0.508 e. The molecule has 0 spiro atoms. The summed E-state index contributed by atoms with van der Waals surface area (Å²) in [4.78, 5) is 12.7. The highest BCUT2D eigenvalue weighted by Crippen LogP contribution is 2.33. The minimum absolute atomic E-state index is 0.0144. The number of phenolic OH excluding ortho intramolecular Hbond substituents is 2. The van der Waals surface area contributed by atoms with Gasteiger partial charge in [0.2, 0.25) is 0 Å². The van der Waals surface area contributed by atoms with Gasteiger partial charge >= 0.3 is 0 Å². The molecular weight excluding hydrogens is 292 g/mol. The van der Waals surface area contributed by atoms with Crippen molar-refractivity contribution >= 4 is 22.4 Å². The number of fused-ring (bicyclic) bond motifs is 1. The maximum Gasteiger partial charge on any atom is 0.265 e. The van der Waals surface area contributed by atoms with Gasteiger partial charge in [-0.15, -0.1) is 0 Å². The first-order chi connectivity index (χ1) is 10.9. The van der Waals surface area contributed by atoms with Crippen molar-refractivity contribution in [2.24, 2.45) is 0 Å². The molecule has 2 aromatic carbocycles. The van der Waals surface area contributed by atoms with Gasteiger partial charge in [0.25, 0.3) is 5.91 Å². The van der Waals surface area contributed by atoms with Crippen LogP contribution in [-0.4, -0.2) is 20.7 Å². The maximum atomic E-state index is 12.7. The van der Waals surface area contributed by atoms with Crippen molar-refractivity contribution < 1.29 is 15.0 Å². The van der Waals surface area contributed by atoms with Crippen molar-refractivity contribution in [2.75, 3.05) is 5.73 Å². The molecule has 0 radical (unpaired) electrons. The molecule has 0 saturated carbocycles. The Morgan fingerprint density at radius 1 is 1.04 bits per heavy atom. The molecule has 0 aliphatic rings. The number of nitrogens with two attached hydrogens (primary N) is 1. The van der Waals surface area contributed by atoms with Crippen LogP contribution in [0.2, 0.25) is 0 Å². The SMILES string of the molecule is CC(C)c1cc(C(=O)n2cc3ccc(N)cc3c2)c(O)cc1O. The molecule has 0 fully saturated rings. The minimum atomic E-state index is -0.362. The standard InChI is InChI=1S/C18H18N2O3/c1-10(2)14-6-15(17(22)7-16(14)21)18(23)20-8-11-3-4-13(19)5-12(11)9-20/h3-10,21-22H,19H2,1-2H3. The van der Waals surface area contributed by atoms with Gasteiger partial charge < -0.3 is 15.9 Å². The fraction of sp³-hybridized carbons (Fsp3) is 0.167. The van der Waals surface area contributed by atoms with Crippen LogP contribution in [0.15, 0.2) is 42.7 Å². The topological polar surface area (TPSA) is 88.5 Å². The van der Waals surface area contributed by atoms with Crippen molar-refractivity contribution in [3.63, 3.8) is 0 Å². The maximum absolute atomic E-state index is 12.7. The fourth-order valence-electron chi connectivity index (χ4n) is 2.64. The number of hydrogen-bond acceptors (Lipinski definition) is 4. The quantitative estimate of drug-likeness (QED) is 0.633. The lowest BCUT2D eigenvalue weighted by atomic mass is 9.98. The highest BCUT2D eigenvalue weighted by Gasteiger charge is 2.18. The van der Waals surface area contributed by atoms with Gasteiger partial charge in [0.1, 0.15) is 11.5 Å². The summed E-state index contributed by atoms with van der Waals surface area (Å²) in [5.41, 5.74) is 7.15. The molecular formula is C18H18N2O3. The monoisotopic (exact) mass is 310 g/mol. The highest BCUT2D eigenvalue weighted by molar-refractivity contribution is 6.01. The van der Waals surface area contributed by atoms with Crippen molar-refractivity contribution in [1.82, 2.24) is 4.57 Å². The van der Waals surface area contributed by atoms with Gasteiger partial charge in [-0.05, 0) is 29.7 Å². The van der Waals surface area contributed by atoms with E-state index >= 15 is 0 Å². The summed E-state index contributed by atoms with van der Waals surface area (Å²) in [5.74, 6) is -0.585. The van der Waals surface area contributed by atoms with Crippen LogP contribution in [0.5, 0.6) is 11.5 Å². The zero-order valence-corrected chi connectivity index (χ0v) is 12.9. The smallest absolute Gasteiger partial charge is 0.265 e. The van der Waals surface area contributed by atoms with Gasteiger partial charge in [-0.3, -0.25) is 9.36 Å². The molecule has 5 nitrogen and oxygen atoms in total. The Morgan fingerprint density at radius 3 is 2.43 bits per heavy atom. The number of nitrogen functional groups attached to an aromatic ring is 1. The average molecular weight is 310 g/mol. The lowest BCUT2D eigenvalue weighted by Crippen LogP contribution is -2.10. The average Bonchev–Trinajstić information content (AvgIpc) is 2.89. The lowest BCUT2D eigenvalue weighted by molar-refractivity contribution is 0.0958. The summed E-state index contributed by atoms with van der Waals surface area (Å²) < 4.78 is 1.42. The Hall–Kier alpha value is -2.95. The number of carbonyl (C=O) groups is 1. The van der Waals surface area contributed by atoms with Crippen LogP contribution in [0, 0.1) is 0 Å². The number of rotatable bonds is 2. The summed E-state index contributed by atoms with van der Waals surface area (Å²) in [6.07, 6.45) is 3.37. The molecule has 0 aliphatic carbocycles. The molecule has 4 N–H and O–H groups in total. The molecule has 0 unspecified atom stereocenters. The van der Waals surface area contributed by atoms with E-state index in [9.17, 15) is 15.0 Å². The number of benzene rings is 2. The summed E-state index contributed by atoms with van der Waals surface area (Å²) in [6.45, 7) is 3.82. The van der Waals surface area contributed by atoms with Crippen LogP contribution in [-0.2, 0) is 0 Å². The third kappa shape index (κ3) is 2.61. The van der Waals surface area contributed by atoms with Gasteiger partial charge in [-0.25, -0.2) is 0 Å². The van der Waals surface area contributed by atoms with Crippen LogP contribution in [0.4, 0.5) is 5.69 Å². The number of nitrogens with zero attached hydrogens (tertiary/aromatic N) is 1. The second-order valence-corrected chi connectivity index (χ2v) is 5.94. The number of hydrogen-bond donors (Lipinski definition) is 3. The number of anilines is 1. The predicted molar refractivity (Wildman–Crippen MR) is 89.9 cm³/mol. The second kappa shape index (κ2) is 5.35. The van der Waals surface area contributed by atoms with E-state index < -0.39 is 0 Å². The molecule has 1 heterocycles. The summed E-state index contributed by atoms with van der Waals surface area (Å²) in [5, 5.41) is 21.7. The number of carbonyl (C=O) groups excluding carboxylic acids is 1. The number of aromatic hydroxyl groups is 2. The van der Waals surface area contributed by atoms with Crippen molar-refractivity contribution in [1.29, 1.82) is 0 Å². The third-order valence-corrected chi connectivity index (χ3v) is 3.90. The van der Waals surface area contributed by atoms with Gasteiger partial charge in [0, 0.05) is 34.9 Å². The van der Waals surface area contributed by atoms with E-state index in [1.165, 1.54) is 16.7 Å². The van der Waals surface area contributed by atoms with Crippen molar-refractivity contribution in [3.8, 4) is 11.5 Å². The third-order valence-electron chi connectivity index (χ3n) is 3.90. The first kappa shape index (κ1) is 15.0. The molecule has 3 aromatic rings. The van der Waals surface area contributed by atoms with E-state index in [4.69, 9.17) is 5.73 Å².